The van der Waals surface area contributed by atoms with Crippen LogP contribution in [0, 0.1) is 0 Å². The third-order valence-electron chi connectivity index (χ3n) is 11.0. The number of hydrogen-bond acceptors (Lipinski definition) is 11. The second kappa shape index (κ2) is 15.2. The van der Waals surface area contributed by atoms with Crippen LogP contribution in [0.3, 0.4) is 0 Å². The van der Waals surface area contributed by atoms with Crippen LogP contribution in [0.2, 0.25) is 0 Å². The molecule has 8 rings (SSSR count). The Morgan fingerprint density at radius 3 is 2.17 bits per heavy atom. The van der Waals surface area contributed by atoms with Crippen LogP contribution in [0.1, 0.15) is 46.0 Å². The number of aromatic nitrogens is 4. The van der Waals surface area contributed by atoms with Crippen LogP contribution in [-0.2, 0) is 0 Å². The highest BCUT2D eigenvalue weighted by Gasteiger charge is 2.31. The molecule has 0 spiro atoms. The fraction of sp³-hybridized carbons (Fsp3) is 0.375. The molecule has 0 saturated carbocycles. The summed E-state index contributed by atoms with van der Waals surface area (Å²) in [6.07, 6.45) is 6.26. The van der Waals surface area contributed by atoms with Gasteiger partial charge < -0.3 is 25.2 Å². The van der Waals surface area contributed by atoms with Crippen molar-refractivity contribution in [1.82, 2.24) is 34.4 Å². The minimum absolute atomic E-state index is 0.241. The molecule has 3 saturated heterocycles. The van der Waals surface area contributed by atoms with E-state index in [0.717, 1.165) is 130 Å². The number of rotatable bonds is 11. The minimum atomic E-state index is 0.241. The molecule has 2 aromatic heterocycles. The van der Waals surface area contributed by atoms with E-state index in [1.807, 2.05) is 66.7 Å². The lowest BCUT2D eigenvalue weighted by Gasteiger charge is -2.39. The van der Waals surface area contributed by atoms with Gasteiger partial charge in [-0.25, -0.2) is 14.6 Å². The molecule has 3 fully saturated rings. The zero-order valence-electron chi connectivity index (χ0n) is 29.4. The minimum Gasteiger partial charge on any atom is -0.457 e. The lowest BCUT2D eigenvalue weighted by Crippen LogP contribution is -2.51. The lowest BCUT2D eigenvalue weighted by atomic mass is 10.1. The number of piperidine rings is 1. The van der Waals surface area contributed by atoms with Crippen molar-refractivity contribution in [3.63, 3.8) is 0 Å². The summed E-state index contributed by atoms with van der Waals surface area (Å²) in [5, 5.41) is 5.91. The van der Waals surface area contributed by atoms with Gasteiger partial charge in [0.1, 0.15) is 29.3 Å². The highest BCUT2D eigenvalue weighted by molar-refractivity contribution is 5.98. The molecule has 3 aliphatic rings. The number of nitrogen functional groups attached to an aromatic ring is 1. The normalized spacial score (nSPS) is 19.3. The molecular formula is C40H45N9O3. The Morgan fingerprint density at radius 2 is 1.42 bits per heavy atom. The van der Waals surface area contributed by atoms with Gasteiger partial charge in [0.15, 0.2) is 18.2 Å². The van der Waals surface area contributed by atoms with Crippen molar-refractivity contribution in [3.8, 4) is 22.8 Å². The number of nitrogens with two attached hydrogens (primary N) is 1. The molecule has 0 amide bonds. The van der Waals surface area contributed by atoms with Crippen molar-refractivity contribution < 1.29 is 14.3 Å². The van der Waals surface area contributed by atoms with Crippen LogP contribution in [0.5, 0.6) is 11.5 Å². The van der Waals surface area contributed by atoms with Gasteiger partial charge in [0.05, 0.1) is 11.4 Å². The van der Waals surface area contributed by atoms with Gasteiger partial charge in [0, 0.05) is 87.3 Å². The highest BCUT2D eigenvalue weighted by Crippen LogP contribution is 2.35. The van der Waals surface area contributed by atoms with E-state index in [0.29, 0.717) is 23.0 Å². The zero-order valence-corrected chi connectivity index (χ0v) is 29.4. The second-order valence-corrected chi connectivity index (χ2v) is 14.1. The Kier molecular flexibility index (Phi) is 9.93. The van der Waals surface area contributed by atoms with E-state index in [1.165, 1.54) is 12.7 Å². The van der Waals surface area contributed by atoms with E-state index in [-0.39, 0.29) is 6.04 Å². The van der Waals surface area contributed by atoms with E-state index >= 15 is 0 Å². The van der Waals surface area contributed by atoms with Crippen molar-refractivity contribution in [2.45, 2.75) is 31.3 Å². The van der Waals surface area contributed by atoms with Crippen LogP contribution < -0.4 is 15.4 Å². The maximum Gasteiger partial charge on any atom is 0.164 e. The molecule has 12 nitrogen and oxygen atoms in total. The van der Waals surface area contributed by atoms with Crippen LogP contribution >= 0.6 is 0 Å². The van der Waals surface area contributed by atoms with Gasteiger partial charge >= 0.3 is 0 Å². The predicted octanol–water partition coefficient (Wildman–Crippen LogP) is 5.03. The molecule has 12 heteroatoms. The summed E-state index contributed by atoms with van der Waals surface area (Å²) in [7, 11) is 0. The fourth-order valence-corrected chi connectivity index (χ4v) is 8.05. The number of aldehydes is 2. The molecule has 2 N–H and O–H groups in total. The van der Waals surface area contributed by atoms with Gasteiger partial charge in [-0.3, -0.25) is 14.5 Å². The van der Waals surface area contributed by atoms with Crippen molar-refractivity contribution in [2.75, 3.05) is 76.1 Å². The first kappa shape index (κ1) is 33.9. The van der Waals surface area contributed by atoms with Gasteiger partial charge in [0.25, 0.3) is 0 Å². The first-order valence-corrected chi connectivity index (χ1v) is 18.4. The largest absolute Gasteiger partial charge is 0.457 e. The zero-order chi connectivity index (χ0) is 35.4. The summed E-state index contributed by atoms with van der Waals surface area (Å²) in [6.45, 7) is 10.3. The molecule has 5 heterocycles. The predicted molar refractivity (Wildman–Crippen MR) is 202 cm³/mol. The summed E-state index contributed by atoms with van der Waals surface area (Å²) in [6, 6.07) is 24.1. The van der Waals surface area contributed by atoms with Gasteiger partial charge in [-0.1, -0.05) is 18.2 Å². The molecule has 1 unspecified atom stereocenters. The SMILES string of the molecule is Nc1ncnc2c1c(-c1ccc(Oc3ccccc3)cc1)nn2C1CCN(CCN2CCC(N3CCN(c4ccc(C=O)c(C=O)c4)CC3)C2)CC1. The monoisotopic (exact) mass is 699 g/mol. The Morgan fingerprint density at radius 1 is 0.731 bits per heavy atom. The van der Waals surface area contributed by atoms with Gasteiger partial charge in [-0.15, -0.1) is 0 Å². The standard InChI is InChI=1S/C40H45N9O3/c41-39-37-38(29-7-10-36(11-8-29)52-35-4-2-1-3-5-35)44-49(40(37)43-28-42-39)32-12-15-45(16-13-32)18-19-46-17-14-34(25-46)48-22-20-47(21-23-48)33-9-6-30(26-50)31(24-33)27-51/h1-11,24,26-28,32,34H,12-23,25H2,(H2,41,42,43). The van der Waals surface area contributed by atoms with Crippen LogP contribution in [-0.4, -0.2) is 119 Å². The van der Waals surface area contributed by atoms with Gasteiger partial charge in [0.2, 0.25) is 0 Å². The number of benzene rings is 3. The van der Waals surface area contributed by atoms with E-state index in [2.05, 4.69) is 34.2 Å². The summed E-state index contributed by atoms with van der Waals surface area (Å²) >= 11 is 0. The number of piperazine rings is 1. The molecule has 3 aliphatic heterocycles. The topological polar surface area (TPSA) is 126 Å². The summed E-state index contributed by atoms with van der Waals surface area (Å²) < 4.78 is 8.09. The van der Waals surface area contributed by atoms with Crippen molar-refractivity contribution >= 4 is 35.1 Å². The fourth-order valence-electron chi connectivity index (χ4n) is 8.05. The number of fused-ring (bicyclic) bond motifs is 1. The summed E-state index contributed by atoms with van der Waals surface area (Å²) in [5.41, 5.74) is 10.9. The summed E-state index contributed by atoms with van der Waals surface area (Å²) in [5.74, 6) is 1.99. The maximum atomic E-state index is 11.4. The smallest absolute Gasteiger partial charge is 0.164 e. The molecule has 0 aliphatic carbocycles. The molecule has 0 radical (unpaired) electrons. The molecule has 52 heavy (non-hydrogen) atoms. The number of anilines is 2. The average molecular weight is 700 g/mol. The third kappa shape index (κ3) is 7.14. The maximum absolute atomic E-state index is 11.4. The van der Waals surface area contributed by atoms with E-state index in [9.17, 15) is 9.59 Å². The molecule has 268 valence electrons. The Labute approximate surface area is 303 Å². The van der Waals surface area contributed by atoms with E-state index < -0.39 is 0 Å². The van der Waals surface area contributed by atoms with Gasteiger partial charge in [-0.05, 0) is 80.4 Å². The molecule has 3 aromatic carbocycles. The highest BCUT2D eigenvalue weighted by atomic mass is 16.5. The van der Waals surface area contributed by atoms with E-state index in [1.54, 1.807) is 6.07 Å². The lowest BCUT2D eigenvalue weighted by molar-refractivity contribution is 0.109. The Hall–Kier alpha value is -5.17. The Bertz CT molecular complexity index is 2000. The second-order valence-electron chi connectivity index (χ2n) is 14.1. The van der Waals surface area contributed by atoms with Crippen LogP contribution in [0.15, 0.2) is 79.1 Å². The van der Waals surface area contributed by atoms with Crippen molar-refractivity contribution in [2.24, 2.45) is 0 Å². The average Bonchev–Trinajstić information content (AvgIpc) is 3.84. The van der Waals surface area contributed by atoms with E-state index in [4.69, 9.17) is 15.6 Å². The molecule has 1 atom stereocenters. The molecule has 5 aromatic rings. The number of nitrogens with zero attached hydrogens (tertiary/aromatic N) is 8. The number of likely N-dealkylation sites (tertiary alicyclic amines) is 2. The number of carbonyl (C=O) groups is 2. The number of ether oxygens (including phenoxy) is 1. The molecule has 0 bridgehead atoms. The first-order valence-electron chi connectivity index (χ1n) is 18.4. The van der Waals surface area contributed by atoms with Crippen LogP contribution in [0.4, 0.5) is 11.5 Å². The van der Waals surface area contributed by atoms with Crippen molar-refractivity contribution in [1.29, 1.82) is 0 Å². The number of para-hydroxylation sites is 1. The van der Waals surface area contributed by atoms with Gasteiger partial charge in [-0.2, -0.15) is 5.10 Å². The number of carbonyl (C=O) groups excluding carboxylic acids is 2. The third-order valence-corrected chi connectivity index (χ3v) is 11.0. The van der Waals surface area contributed by atoms with Crippen LogP contribution in [0.25, 0.3) is 22.3 Å². The Balaban J connectivity index is 0.832. The van der Waals surface area contributed by atoms with Crippen molar-refractivity contribution in [3.05, 3.63) is 90.3 Å². The quantitative estimate of drug-likeness (QED) is 0.187. The summed E-state index contributed by atoms with van der Waals surface area (Å²) in [4.78, 5) is 41.8. The first-order chi connectivity index (χ1) is 25.6. The molecular weight excluding hydrogens is 654 g/mol. The number of hydrogen-bond donors (Lipinski definition) is 1.